The largest absolute Gasteiger partial charge is 0.348 e. The molecule has 1 N–H and O–H groups in total. The lowest BCUT2D eigenvalue weighted by atomic mass is 10.1. The topological polar surface area (TPSA) is 44.8 Å². The molecular weight excluding hydrogens is 212 g/mol. The van der Waals surface area contributed by atoms with Crippen LogP contribution in [0.5, 0.6) is 0 Å². The molecule has 1 unspecified atom stereocenters. The van der Waals surface area contributed by atoms with Gasteiger partial charge in [0.2, 0.25) is 0 Å². The second-order valence-corrected chi connectivity index (χ2v) is 4.13. The van der Waals surface area contributed by atoms with Crippen molar-refractivity contribution in [3.05, 3.63) is 48.3 Å². The van der Waals surface area contributed by atoms with Gasteiger partial charge in [-0.25, -0.2) is 4.98 Å². The predicted octanol–water partition coefficient (Wildman–Crippen LogP) is 2.39. The molecule has 1 atom stereocenters. The molecule has 0 saturated heterocycles. The van der Waals surface area contributed by atoms with Gasteiger partial charge in [0, 0.05) is 18.6 Å². The van der Waals surface area contributed by atoms with E-state index in [-0.39, 0.29) is 0 Å². The summed E-state index contributed by atoms with van der Waals surface area (Å²) in [6, 6.07) is 6.39. The van der Waals surface area contributed by atoms with Gasteiger partial charge in [-0.05, 0) is 25.6 Å². The summed E-state index contributed by atoms with van der Waals surface area (Å²) in [5.41, 5.74) is 1.11. The van der Waals surface area contributed by atoms with Crippen LogP contribution >= 0.6 is 0 Å². The molecule has 0 aromatic carbocycles. The SMILES string of the molecule is CCC(c1ccccn1)N(C)Cc1ncc[nH]1. The molecule has 4 nitrogen and oxygen atoms in total. The van der Waals surface area contributed by atoms with Gasteiger partial charge in [0.1, 0.15) is 5.82 Å². The van der Waals surface area contributed by atoms with E-state index >= 15 is 0 Å². The van der Waals surface area contributed by atoms with Gasteiger partial charge < -0.3 is 4.98 Å². The van der Waals surface area contributed by atoms with Crippen LogP contribution in [0.1, 0.15) is 30.9 Å². The van der Waals surface area contributed by atoms with Crippen LogP contribution in [0.3, 0.4) is 0 Å². The first-order valence-electron chi connectivity index (χ1n) is 5.90. The van der Waals surface area contributed by atoms with Crippen LogP contribution in [0.25, 0.3) is 0 Å². The predicted molar refractivity (Wildman–Crippen MR) is 67.3 cm³/mol. The van der Waals surface area contributed by atoms with Gasteiger partial charge in [0.05, 0.1) is 18.3 Å². The van der Waals surface area contributed by atoms with E-state index in [0.717, 1.165) is 24.5 Å². The summed E-state index contributed by atoms with van der Waals surface area (Å²) in [6.07, 6.45) is 6.52. The van der Waals surface area contributed by atoms with E-state index in [2.05, 4.69) is 39.9 Å². The average molecular weight is 230 g/mol. The molecule has 17 heavy (non-hydrogen) atoms. The number of H-pyrrole nitrogens is 1. The van der Waals surface area contributed by atoms with Crippen LogP contribution in [0, 0.1) is 0 Å². The lowest BCUT2D eigenvalue weighted by Crippen LogP contribution is -2.25. The second-order valence-electron chi connectivity index (χ2n) is 4.13. The van der Waals surface area contributed by atoms with Gasteiger partial charge in [0.15, 0.2) is 0 Å². The van der Waals surface area contributed by atoms with Crippen molar-refractivity contribution in [2.75, 3.05) is 7.05 Å². The van der Waals surface area contributed by atoms with Crippen molar-refractivity contribution in [3.63, 3.8) is 0 Å². The van der Waals surface area contributed by atoms with Crippen molar-refractivity contribution in [2.45, 2.75) is 25.9 Å². The second kappa shape index (κ2) is 5.59. The molecule has 0 aliphatic rings. The molecule has 2 aromatic rings. The molecule has 0 aliphatic carbocycles. The number of nitrogens with zero attached hydrogens (tertiary/aromatic N) is 3. The Balaban J connectivity index is 2.08. The Kier molecular flexibility index (Phi) is 3.88. The molecule has 2 rings (SSSR count). The first-order chi connectivity index (χ1) is 8.31. The quantitative estimate of drug-likeness (QED) is 0.857. The van der Waals surface area contributed by atoms with E-state index in [1.54, 1.807) is 6.20 Å². The minimum atomic E-state index is 0.335. The minimum Gasteiger partial charge on any atom is -0.348 e. The summed E-state index contributed by atoms with van der Waals surface area (Å²) in [6.45, 7) is 2.99. The van der Waals surface area contributed by atoms with Gasteiger partial charge >= 0.3 is 0 Å². The standard InChI is InChI=1S/C13H18N4/c1-3-12(11-6-4-5-7-14-11)17(2)10-13-15-8-9-16-13/h4-9,12H,3,10H2,1-2H3,(H,15,16). The van der Waals surface area contributed by atoms with Crippen molar-refractivity contribution < 1.29 is 0 Å². The third kappa shape index (κ3) is 2.91. The molecular formula is C13H18N4. The first-order valence-corrected chi connectivity index (χ1v) is 5.90. The molecule has 0 amide bonds. The molecule has 0 radical (unpaired) electrons. The van der Waals surface area contributed by atoms with E-state index in [9.17, 15) is 0 Å². The minimum absolute atomic E-state index is 0.335. The Labute approximate surface area is 102 Å². The van der Waals surface area contributed by atoms with Crippen LogP contribution in [0.2, 0.25) is 0 Å². The maximum absolute atomic E-state index is 4.43. The number of pyridine rings is 1. The highest BCUT2D eigenvalue weighted by Gasteiger charge is 2.16. The van der Waals surface area contributed by atoms with Crippen LogP contribution < -0.4 is 0 Å². The number of imidazole rings is 1. The van der Waals surface area contributed by atoms with Crippen molar-refractivity contribution in [3.8, 4) is 0 Å². The molecule has 4 heteroatoms. The van der Waals surface area contributed by atoms with Crippen LogP contribution in [-0.2, 0) is 6.54 Å². The van der Waals surface area contributed by atoms with Gasteiger partial charge in [-0.3, -0.25) is 9.88 Å². The van der Waals surface area contributed by atoms with Gasteiger partial charge in [0.25, 0.3) is 0 Å². The number of hydrogen-bond donors (Lipinski definition) is 1. The summed E-state index contributed by atoms with van der Waals surface area (Å²) in [7, 11) is 2.10. The highest BCUT2D eigenvalue weighted by Crippen LogP contribution is 2.21. The highest BCUT2D eigenvalue weighted by atomic mass is 15.2. The van der Waals surface area contributed by atoms with Crippen LogP contribution in [0.15, 0.2) is 36.8 Å². The maximum Gasteiger partial charge on any atom is 0.120 e. The smallest absolute Gasteiger partial charge is 0.120 e. The maximum atomic E-state index is 4.43. The monoisotopic (exact) mass is 230 g/mol. The zero-order valence-electron chi connectivity index (χ0n) is 10.3. The fraction of sp³-hybridized carbons (Fsp3) is 0.385. The van der Waals surface area contributed by atoms with Crippen molar-refractivity contribution in [2.24, 2.45) is 0 Å². The number of hydrogen-bond acceptors (Lipinski definition) is 3. The zero-order chi connectivity index (χ0) is 12.1. The van der Waals surface area contributed by atoms with E-state index < -0.39 is 0 Å². The molecule has 0 spiro atoms. The normalized spacial score (nSPS) is 12.9. The fourth-order valence-corrected chi connectivity index (χ4v) is 2.05. The molecule has 0 aliphatic heterocycles. The third-order valence-electron chi connectivity index (χ3n) is 2.90. The third-order valence-corrected chi connectivity index (χ3v) is 2.90. The van der Waals surface area contributed by atoms with E-state index in [1.807, 2.05) is 24.5 Å². The summed E-state index contributed by atoms with van der Waals surface area (Å²) in [5.74, 6) is 0.988. The van der Waals surface area contributed by atoms with Crippen molar-refractivity contribution in [1.29, 1.82) is 0 Å². The Bertz CT molecular complexity index is 424. The first kappa shape index (κ1) is 11.8. The lowest BCUT2D eigenvalue weighted by Gasteiger charge is -2.25. The molecule has 90 valence electrons. The Morgan fingerprint density at radius 3 is 2.76 bits per heavy atom. The Morgan fingerprint density at radius 2 is 2.18 bits per heavy atom. The van der Waals surface area contributed by atoms with Gasteiger partial charge in [-0.15, -0.1) is 0 Å². The van der Waals surface area contributed by atoms with E-state index in [0.29, 0.717) is 6.04 Å². The average Bonchev–Trinajstić information content (AvgIpc) is 2.84. The Hall–Kier alpha value is -1.68. The molecule has 0 bridgehead atoms. The van der Waals surface area contributed by atoms with Crippen molar-refractivity contribution >= 4 is 0 Å². The zero-order valence-corrected chi connectivity index (χ0v) is 10.3. The van der Waals surface area contributed by atoms with Crippen LogP contribution in [-0.4, -0.2) is 26.9 Å². The van der Waals surface area contributed by atoms with E-state index in [1.165, 1.54) is 0 Å². The Morgan fingerprint density at radius 1 is 1.29 bits per heavy atom. The number of rotatable bonds is 5. The highest BCUT2D eigenvalue weighted by molar-refractivity contribution is 5.08. The summed E-state index contributed by atoms with van der Waals surface area (Å²) >= 11 is 0. The fourth-order valence-electron chi connectivity index (χ4n) is 2.05. The number of nitrogens with one attached hydrogen (secondary N) is 1. The molecule has 0 fully saturated rings. The number of aromatic amines is 1. The lowest BCUT2D eigenvalue weighted by molar-refractivity contribution is 0.221. The summed E-state index contributed by atoms with van der Waals surface area (Å²) in [5, 5.41) is 0. The van der Waals surface area contributed by atoms with Crippen molar-refractivity contribution in [1.82, 2.24) is 19.9 Å². The molecule has 2 aromatic heterocycles. The van der Waals surface area contributed by atoms with Gasteiger partial charge in [-0.2, -0.15) is 0 Å². The van der Waals surface area contributed by atoms with E-state index in [4.69, 9.17) is 0 Å². The van der Waals surface area contributed by atoms with Gasteiger partial charge in [-0.1, -0.05) is 13.0 Å². The summed E-state index contributed by atoms with van der Waals surface area (Å²) < 4.78 is 0. The number of aromatic nitrogens is 3. The van der Waals surface area contributed by atoms with Crippen LogP contribution in [0.4, 0.5) is 0 Å². The summed E-state index contributed by atoms with van der Waals surface area (Å²) in [4.78, 5) is 14.1. The molecule has 2 heterocycles. The molecule has 0 saturated carbocycles.